The van der Waals surface area contributed by atoms with Crippen LogP contribution in [-0.2, 0) is 28.0 Å². The number of carbonyl (C=O) groups is 2. The number of rotatable bonds is 12. The summed E-state index contributed by atoms with van der Waals surface area (Å²) in [5, 5.41) is 3.85. The van der Waals surface area contributed by atoms with E-state index in [1.165, 1.54) is 36.4 Å². The highest BCUT2D eigenvalue weighted by molar-refractivity contribution is 5.90. The number of hydrogen-bond donors (Lipinski definition) is 2. The van der Waals surface area contributed by atoms with Crippen LogP contribution in [0.25, 0.3) is 0 Å². The van der Waals surface area contributed by atoms with Crippen LogP contribution in [-0.4, -0.2) is 36.6 Å². The summed E-state index contributed by atoms with van der Waals surface area (Å²) < 4.78 is 130. The standard InChI is InChI=1S/C33H25F9N2O3/c34-24-13-11-22(12-14-24)31(19-21-9-5-2-6-10-21,23-16-25(35)18-26(17-23)47-33(41,42)30(36)37)44-29(46)28(32(38,39)40)43-27(45)15-20-7-3-1-4-8-20/h1-14,16-18,28,30H,15,19H2,(H,43,45)(H,44,46)/t28?,31-/m1/s1. The summed E-state index contributed by atoms with van der Waals surface area (Å²) in [4.78, 5) is 26.3. The number of ether oxygens (including phenoxy) is 1. The molecule has 0 fully saturated rings. The molecule has 0 aliphatic rings. The zero-order chi connectivity index (χ0) is 34.4. The molecule has 0 bridgehead atoms. The molecule has 248 valence electrons. The van der Waals surface area contributed by atoms with Gasteiger partial charge < -0.3 is 15.4 Å². The second kappa shape index (κ2) is 14.2. The minimum absolute atomic E-state index is 0.162. The first kappa shape index (κ1) is 34.9. The van der Waals surface area contributed by atoms with E-state index in [1.807, 2.05) is 0 Å². The second-order valence-corrected chi connectivity index (χ2v) is 10.4. The zero-order valence-electron chi connectivity index (χ0n) is 24.0. The van der Waals surface area contributed by atoms with Gasteiger partial charge in [-0.2, -0.15) is 30.7 Å². The number of hydrogen-bond acceptors (Lipinski definition) is 3. The Morgan fingerprint density at radius 3 is 1.83 bits per heavy atom. The monoisotopic (exact) mass is 668 g/mol. The van der Waals surface area contributed by atoms with Gasteiger partial charge in [0.2, 0.25) is 11.9 Å². The Hall–Kier alpha value is -5.01. The summed E-state index contributed by atoms with van der Waals surface area (Å²) in [6.07, 6.45) is -15.9. The average molecular weight is 669 g/mol. The van der Waals surface area contributed by atoms with E-state index < -0.39 is 77.9 Å². The van der Waals surface area contributed by atoms with Crippen molar-refractivity contribution < 1.29 is 53.8 Å². The van der Waals surface area contributed by atoms with Crippen molar-refractivity contribution in [2.75, 3.05) is 0 Å². The summed E-state index contributed by atoms with van der Waals surface area (Å²) in [5.41, 5.74) is -2.37. The lowest BCUT2D eigenvalue weighted by Gasteiger charge is -2.38. The van der Waals surface area contributed by atoms with Gasteiger partial charge in [-0.25, -0.2) is 8.78 Å². The third-order valence-electron chi connectivity index (χ3n) is 6.96. The maximum atomic E-state index is 15.0. The van der Waals surface area contributed by atoms with Crippen LogP contribution >= 0.6 is 0 Å². The lowest BCUT2D eigenvalue weighted by atomic mass is 9.77. The molecule has 0 aromatic heterocycles. The Balaban J connectivity index is 1.87. The smallest absolute Gasteiger partial charge is 0.428 e. The minimum atomic E-state index is -5.38. The van der Waals surface area contributed by atoms with Gasteiger partial charge in [-0.1, -0.05) is 72.8 Å². The maximum absolute atomic E-state index is 15.0. The molecule has 5 nitrogen and oxygen atoms in total. The third kappa shape index (κ3) is 8.83. The van der Waals surface area contributed by atoms with Gasteiger partial charge in [-0.15, -0.1) is 0 Å². The summed E-state index contributed by atoms with van der Waals surface area (Å²) in [5.74, 6) is -6.35. The fraction of sp³-hybridized carbons (Fsp3) is 0.212. The third-order valence-corrected chi connectivity index (χ3v) is 6.96. The predicted octanol–water partition coefficient (Wildman–Crippen LogP) is 7.09. The SMILES string of the molecule is O=C(Cc1ccccc1)NC(C(=O)N[C@](Cc1ccccc1)(c1ccc(F)cc1)c1cc(F)cc(OC(F)(F)C(F)F)c1)C(F)(F)F. The first-order chi connectivity index (χ1) is 22.1. The fourth-order valence-electron chi connectivity index (χ4n) is 4.84. The van der Waals surface area contributed by atoms with Gasteiger partial charge in [-0.3, -0.25) is 9.59 Å². The number of benzene rings is 4. The molecule has 0 saturated carbocycles. The number of halogens is 9. The topological polar surface area (TPSA) is 67.4 Å². The maximum Gasteiger partial charge on any atom is 0.461 e. The van der Waals surface area contributed by atoms with E-state index >= 15 is 0 Å². The van der Waals surface area contributed by atoms with E-state index in [0.717, 1.165) is 24.3 Å². The lowest BCUT2D eigenvalue weighted by molar-refractivity contribution is -0.253. The van der Waals surface area contributed by atoms with Crippen LogP contribution < -0.4 is 15.4 Å². The van der Waals surface area contributed by atoms with Crippen LogP contribution in [0.4, 0.5) is 39.5 Å². The average Bonchev–Trinajstić information content (AvgIpc) is 2.99. The largest absolute Gasteiger partial charge is 0.461 e. The molecule has 1 unspecified atom stereocenters. The highest BCUT2D eigenvalue weighted by Crippen LogP contribution is 2.38. The molecule has 0 aliphatic carbocycles. The second-order valence-electron chi connectivity index (χ2n) is 10.4. The quantitative estimate of drug-likeness (QED) is 0.159. The van der Waals surface area contributed by atoms with Crippen LogP contribution in [0.2, 0.25) is 0 Å². The lowest BCUT2D eigenvalue weighted by Crippen LogP contribution is -2.60. The zero-order valence-corrected chi connectivity index (χ0v) is 24.0. The molecular weight excluding hydrogens is 643 g/mol. The summed E-state index contributed by atoms with van der Waals surface area (Å²) >= 11 is 0. The van der Waals surface area contributed by atoms with Crippen LogP contribution in [0, 0.1) is 11.6 Å². The van der Waals surface area contributed by atoms with E-state index in [9.17, 15) is 49.1 Å². The molecular formula is C33H25F9N2O3. The molecule has 4 aromatic carbocycles. The Morgan fingerprint density at radius 1 is 0.702 bits per heavy atom. The van der Waals surface area contributed by atoms with Crippen molar-refractivity contribution in [1.82, 2.24) is 10.6 Å². The molecule has 47 heavy (non-hydrogen) atoms. The Labute approximate surface area is 262 Å². The van der Waals surface area contributed by atoms with E-state index in [0.29, 0.717) is 29.3 Å². The molecule has 2 atom stereocenters. The van der Waals surface area contributed by atoms with Gasteiger partial charge in [0, 0.05) is 12.5 Å². The van der Waals surface area contributed by atoms with Crippen molar-refractivity contribution in [1.29, 1.82) is 0 Å². The Morgan fingerprint density at radius 2 is 1.28 bits per heavy atom. The van der Waals surface area contributed by atoms with Crippen LogP contribution in [0.15, 0.2) is 103 Å². The number of nitrogens with one attached hydrogen (secondary N) is 2. The highest BCUT2D eigenvalue weighted by Gasteiger charge is 2.49. The van der Waals surface area contributed by atoms with Crippen molar-refractivity contribution >= 4 is 11.8 Å². The normalized spacial score (nSPS) is 13.8. The molecule has 2 N–H and O–H groups in total. The minimum Gasteiger partial charge on any atom is -0.428 e. The van der Waals surface area contributed by atoms with Crippen molar-refractivity contribution in [3.05, 3.63) is 137 Å². The molecule has 14 heteroatoms. The van der Waals surface area contributed by atoms with Crippen LogP contribution in [0.1, 0.15) is 22.3 Å². The molecule has 0 radical (unpaired) electrons. The van der Waals surface area contributed by atoms with Crippen LogP contribution in [0.3, 0.4) is 0 Å². The predicted molar refractivity (Wildman–Crippen MR) is 152 cm³/mol. The van der Waals surface area contributed by atoms with E-state index in [1.54, 1.807) is 29.6 Å². The molecule has 0 saturated heterocycles. The van der Waals surface area contributed by atoms with Crippen molar-refractivity contribution in [2.45, 2.75) is 43.1 Å². The van der Waals surface area contributed by atoms with E-state index in [2.05, 4.69) is 10.1 Å². The van der Waals surface area contributed by atoms with Gasteiger partial charge in [0.25, 0.3) is 5.91 Å². The van der Waals surface area contributed by atoms with E-state index in [-0.39, 0.29) is 5.56 Å². The molecule has 0 heterocycles. The molecule has 2 amide bonds. The molecule has 0 aliphatic heterocycles. The Bertz CT molecular complexity index is 1670. The van der Waals surface area contributed by atoms with Gasteiger partial charge in [0.15, 0.2) is 0 Å². The molecule has 4 rings (SSSR count). The highest BCUT2D eigenvalue weighted by atomic mass is 19.4. The summed E-state index contributed by atoms with van der Waals surface area (Å²) in [6.45, 7) is 0. The van der Waals surface area contributed by atoms with Crippen molar-refractivity contribution in [2.24, 2.45) is 0 Å². The number of carbonyl (C=O) groups excluding carboxylic acids is 2. The van der Waals surface area contributed by atoms with Crippen molar-refractivity contribution in [3.63, 3.8) is 0 Å². The van der Waals surface area contributed by atoms with Gasteiger partial charge in [0.05, 0.1) is 12.0 Å². The fourth-order valence-corrected chi connectivity index (χ4v) is 4.84. The van der Waals surface area contributed by atoms with Gasteiger partial charge in [0.1, 0.15) is 17.4 Å². The first-order valence-electron chi connectivity index (χ1n) is 13.8. The first-order valence-corrected chi connectivity index (χ1v) is 13.8. The Kier molecular flexibility index (Phi) is 10.5. The van der Waals surface area contributed by atoms with Crippen LogP contribution in [0.5, 0.6) is 5.75 Å². The number of amides is 2. The van der Waals surface area contributed by atoms with Crippen molar-refractivity contribution in [3.8, 4) is 5.75 Å². The van der Waals surface area contributed by atoms with Gasteiger partial charge >= 0.3 is 18.7 Å². The van der Waals surface area contributed by atoms with Gasteiger partial charge in [-0.05, 0) is 46.5 Å². The van der Waals surface area contributed by atoms with E-state index in [4.69, 9.17) is 0 Å². The molecule has 0 spiro atoms. The summed E-state index contributed by atoms with van der Waals surface area (Å²) in [6, 6.07) is 17.6. The molecule has 4 aromatic rings. The number of alkyl halides is 7. The summed E-state index contributed by atoms with van der Waals surface area (Å²) in [7, 11) is 0.